The highest BCUT2D eigenvalue weighted by atomic mass is 16.5. The van der Waals surface area contributed by atoms with Crippen LogP contribution in [0.3, 0.4) is 0 Å². The van der Waals surface area contributed by atoms with Crippen LogP contribution in [0, 0.1) is 0 Å². The monoisotopic (exact) mass is 291 g/mol. The van der Waals surface area contributed by atoms with E-state index in [4.69, 9.17) is 31.4 Å². The number of ether oxygens (including phenoxy) is 3. The van der Waals surface area contributed by atoms with Crippen LogP contribution in [0.1, 0.15) is 33.1 Å². The fourth-order valence-electron chi connectivity index (χ4n) is 1.71. The van der Waals surface area contributed by atoms with E-state index >= 15 is 0 Å². The summed E-state index contributed by atoms with van der Waals surface area (Å²) in [6, 6.07) is 0. The minimum atomic E-state index is -0.269. The van der Waals surface area contributed by atoms with Gasteiger partial charge >= 0.3 is 0 Å². The van der Waals surface area contributed by atoms with Gasteiger partial charge in [0.05, 0.1) is 25.9 Å². The lowest BCUT2D eigenvalue weighted by molar-refractivity contribution is -0.0407. The molecule has 0 aromatic rings. The second kappa shape index (κ2) is 12.5. The van der Waals surface area contributed by atoms with Gasteiger partial charge in [-0.15, -0.1) is 0 Å². The van der Waals surface area contributed by atoms with Crippen LogP contribution in [-0.2, 0) is 14.2 Å². The molecule has 0 aromatic carbocycles. The van der Waals surface area contributed by atoms with E-state index in [2.05, 4.69) is 0 Å². The molecule has 1 atom stereocenters. The summed E-state index contributed by atoms with van der Waals surface area (Å²) in [6.07, 6.45) is 2.49. The zero-order valence-corrected chi connectivity index (χ0v) is 13.1. The molecule has 0 amide bonds. The van der Waals surface area contributed by atoms with Crippen LogP contribution in [0.25, 0.3) is 0 Å². The first-order chi connectivity index (χ1) is 9.49. The first-order valence-electron chi connectivity index (χ1n) is 7.45. The zero-order chi connectivity index (χ0) is 15.3. The standard InChI is InChI=1S/C14H33N3O3/c1-14(2,17)11-13(20-8-4-6-16)12-19-10-9-18-7-3-5-15/h13H,3-12,15-17H2,1-2H3. The molecule has 0 aromatic heterocycles. The molecule has 0 heterocycles. The van der Waals surface area contributed by atoms with Gasteiger partial charge in [0.2, 0.25) is 0 Å². The molecule has 0 aliphatic carbocycles. The number of hydrogen-bond donors (Lipinski definition) is 3. The van der Waals surface area contributed by atoms with Crippen molar-refractivity contribution in [3.63, 3.8) is 0 Å². The number of hydrogen-bond acceptors (Lipinski definition) is 6. The molecule has 0 fully saturated rings. The Hall–Kier alpha value is -0.240. The van der Waals surface area contributed by atoms with Crippen molar-refractivity contribution < 1.29 is 14.2 Å². The van der Waals surface area contributed by atoms with Gasteiger partial charge in [0.1, 0.15) is 0 Å². The molecule has 0 saturated heterocycles. The van der Waals surface area contributed by atoms with Gasteiger partial charge in [-0.25, -0.2) is 0 Å². The second-order valence-electron chi connectivity index (χ2n) is 5.66. The first-order valence-corrected chi connectivity index (χ1v) is 7.45. The normalized spacial score (nSPS) is 13.7. The first kappa shape index (κ1) is 19.8. The fourth-order valence-corrected chi connectivity index (χ4v) is 1.71. The molecule has 1 unspecified atom stereocenters. The van der Waals surface area contributed by atoms with Crippen molar-refractivity contribution in [3.05, 3.63) is 0 Å². The topological polar surface area (TPSA) is 106 Å². The summed E-state index contributed by atoms with van der Waals surface area (Å²) in [7, 11) is 0. The summed E-state index contributed by atoms with van der Waals surface area (Å²) in [5, 5.41) is 0. The number of nitrogens with two attached hydrogens (primary N) is 3. The highest BCUT2D eigenvalue weighted by Crippen LogP contribution is 2.11. The third-order valence-electron chi connectivity index (χ3n) is 2.62. The van der Waals surface area contributed by atoms with Crippen LogP contribution in [0.5, 0.6) is 0 Å². The SMILES string of the molecule is CC(C)(N)CC(COCCOCCCN)OCCCN. The third-order valence-corrected chi connectivity index (χ3v) is 2.62. The van der Waals surface area contributed by atoms with E-state index in [1.165, 1.54) is 0 Å². The van der Waals surface area contributed by atoms with Gasteiger partial charge in [0.25, 0.3) is 0 Å². The van der Waals surface area contributed by atoms with Crippen LogP contribution < -0.4 is 17.2 Å². The molecule has 0 aliphatic heterocycles. The molecule has 0 rings (SSSR count). The van der Waals surface area contributed by atoms with Crippen molar-refractivity contribution >= 4 is 0 Å². The Kier molecular flexibility index (Phi) is 12.3. The maximum absolute atomic E-state index is 6.03. The predicted molar refractivity (Wildman–Crippen MR) is 81.6 cm³/mol. The predicted octanol–water partition coefficient (Wildman–Crippen LogP) is 0.230. The lowest BCUT2D eigenvalue weighted by Gasteiger charge is -2.26. The van der Waals surface area contributed by atoms with Crippen LogP contribution >= 0.6 is 0 Å². The highest BCUT2D eigenvalue weighted by Gasteiger charge is 2.19. The molecule has 20 heavy (non-hydrogen) atoms. The highest BCUT2D eigenvalue weighted by molar-refractivity contribution is 4.77. The molecule has 0 bridgehead atoms. The lowest BCUT2D eigenvalue weighted by atomic mass is 9.98. The molecule has 0 radical (unpaired) electrons. The molecule has 0 aliphatic rings. The summed E-state index contributed by atoms with van der Waals surface area (Å²) in [4.78, 5) is 0. The second-order valence-corrected chi connectivity index (χ2v) is 5.66. The Bertz CT molecular complexity index is 210. The maximum Gasteiger partial charge on any atom is 0.0825 e. The maximum atomic E-state index is 6.03. The van der Waals surface area contributed by atoms with Crippen LogP contribution in [0.2, 0.25) is 0 Å². The largest absolute Gasteiger partial charge is 0.379 e. The molecule has 0 saturated carbocycles. The van der Waals surface area contributed by atoms with Gasteiger partial charge < -0.3 is 31.4 Å². The van der Waals surface area contributed by atoms with Gasteiger partial charge in [-0.05, 0) is 46.2 Å². The van der Waals surface area contributed by atoms with E-state index in [0.717, 1.165) is 19.3 Å². The van der Waals surface area contributed by atoms with E-state index in [9.17, 15) is 0 Å². The molecule has 6 heteroatoms. The molecule has 6 N–H and O–H groups in total. The average Bonchev–Trinajstić information content (AvgIpc) is 2.36. The average molecular weight is 291 g/mol. The van der Waals surface area contributed by atoms with Crippen molar-refractivity contribution in [2.24, 2.45) is 17.2 Å². The molecule has 122 valence electrons. The van der Waals surface area contributed by atoms with Crippen molar-refractivity contribution in [1.29, 1.82) is 0 Å². The summed E-state index contributed by atoms with van der Waals surface area (Å²) in [5.41, 5.74) is 16.6. The quantitative estimate of drug-likeness (QED) is 0.396. The molecule has 0 spiro atoms. The summed E-state index contributed by atoms with van der Waals surface area (Å²) in [5.74, 6) is 0. The van der Waals surface area contributed by atoms with Gasteiger partial charge in [-0.2, -0.15) is 0 Å². The summed E-state index contributed by atoms with van der Waals surface area (Å²) in [6.45, 7) is 8.28. The summed E-state index contributed by atoms with van der Waals surface area (Å²) < 4.78 is 16.7. The lowest BCUT2D eigenvalue weighted by Crippen LogP contribution is -2.39. The van der Waals surface area contributed by atoms with Gasteiger partial charge in [0, 0.05) is 18.8 Å². The van der Waals surface area contributed by atoms with Crippen LogP contribution in [0.15, 0.2) is 0 Å². The van der Waals surface area contributed by atoms with Crippen molar-refractivity contribution in [2.45, 2.75) is 44.8 Å². The van der Waals surface area contributed by atoms with E-state index in [-0.39, 0.29) is 11.6 Å². The Morgan fingerprint density at radius 2 is 1.50 bits per heavy atom. The smallest absolute Gasteiger partial charge is 0.0825 e. The van der Waals surface area contributed by atoms with E-state index in [1.807, 2.05) is 13.8 Å². The van der Waals surface area contributed by atoms with Crippen molar-refractivity contribution in [2.75, 3.05) is 46.1 Å². The van der Waals surface area contributed by atoms with Gasteiger partial charge in [-0.3, -0.25) is 0 Å². The Labute approximate surface area is 123 Å². The van der Waals surface area contributed by atoms with E-state index in [1.54, 1.807) is 0 Å². The molecular weight excluding hydrogens is 258 g/mol. The zero-order valence-electron chi connectivity index (χ0n) is 13.1. The minimum absolute atomic E-state index is 0.00518. The number of rotatable bonds is 14. The minimum Gasteiger partial charge on any atom is -0.379 e. The Morgan fingerprint density at radius 3 is 2.10 bits per heavy atom. The third kappa shape index (κ3) is 14.2. The van der Waals surface area contributed by atoms with Gasteiger partial charge in [0.15, 0.2) is 0 Å². The van der Waals surface area contributed by atoms with Crippen molar-refractivity contribution in [3.8, 4) is 0 Å². The van der Waals surface area contributed by atoms with Crippen LogP contribution in [-0.4, -0.2) is 57.8 Å². The van der Waals surface area contributed by atoms with Crippen LogP contribution in [0.4, 0.5) is 0 Å². The van der Waals surface area contributed by atoms with E-state index in [0.29, 0.717) is 46.1 Å². The van der Waals surface area contributed by atoms with E-state index < -0.39 is 0 Å². The van der Waals surface area contributed by atoms with Gasteiger partial charge in [-0.1, -0.05) is 0 Å². The fraction of sp³-hybridized carbons (Fsp3) is 1.00. The Morgan fingerprint density at radius 1 is 0.900 bits per heavy atom. The molecular formula is C14H33N3O3. The summed E-state index contributed by atoms with van der Waals surface area (Å²) >= 11 is 0. The Balaban J connectivity index is 3.73. The van der Waals surface area contributed by atoms with Crippen molar-refractivity contribution in [1.82, 2.24) is 0 Å². The molecule has 6 nitrogen and oxygen atoms in total.